The Morgan fingerprint density at radius 3 is 2.46 bits per heavy atom. The van der Waals surface area contributed by atoms with Crippen molar-refractivity contribution in [3.63, 3.8) is 0 Å². The number of aromatic amines is 1. The van der Waals surface area contributed by atoms with Gasteiger partial charge in [-0.25, -0.2) is 4.79 Å². The maximum absolute atomic E-state index is 12.4. The highest BCUT2D eigenvalue weighted by Gasteiger charge is 2.20. The van der Waals surface area contributed by atoms with Crippen molar-refractivity contribution in [2.24, 2.45) is 0 Å². The highest BCUT2D eigenvalue weighted by atomic mass is 16.5. The van der Waals surface area contributed by atoms with Crippen molar-refractivity contribution in [2.45, 2.75) is 58.8 Å². The molecule has 2 rings (SSSR count). The Morgan fingerprint density at radius 1 is 1.04 bits per heavy atom. The zero-order chi connectivity index (χ0) is 18.8. The number of benzene rings is 1. The van der Waals surface area contributed by atoms with Gasteiger partial charge < -0.3 is 15.0 Å². The molecule has 0 spiro atoms. The number of para-hydroxylation sites is 1. The summed E-state index contributed by atoms with van der Waals surface area (Å²) in [5.41, 5.74) is 0.944. The number of anilines is 1. The normalized spacial score (nSPS) is 10.8. The number of hydrogen-bond acceptors (Lipinski definition) is 4. The van der Waals surface area contributed by atoms with Crippen LogP contribution >= 0.6 is 0 Å². The average Bonchev–Trinajstić information content (AvgIpc) is 2.63. The van der Waals surface area contributed by atoms with E-state index in [0.717, 1.165) is 24.8 Å². The Bertz CT molecular complexity index is 767. The predicted molar refractivity (Wildman–Crippen MR) is 107 cm³/mol. The molecule has 0 fully saturated rings. The molecule has 0 atom stereocenters. The smallest absolute Gasteiger partial charge is 0.345 e. The van der Waals surface area contributed by atoms with Gasteiger partial charge in [0.05, 0.1) is 17.8 Å². The maximum atomic E-state index is 12.4. The summed E-state index contributed by atoms with van der Waals surface area (Å²) in [7, 11) is 0. The summed E-state index contributed by atoms with van der Waals surface area (Å²) < 4.78 is 5.08. The van der Waals surface area contributed by atoms with Crippen molar-refractivity contribution in [3.05, 3.63) is 40.2 Å². The molecule has 0 aliphatic rings. The number of rotatable bonds is 11. The van der Waals surface area contributed by atoms with Gasteiger partial charge in [0, 0.05) is 11.9 Å². The van der Waals surface area contributed by atoms with Crippen molar-refractivity contribution in [2.75, 3.05) is 18.5 Å². The number of pyridine rings is 1. The first-order valence-corrected chi connectivity index (χ1v) is 9.75. The number of fused-ring (bicyclic) bond motifs is 1. The van der Waals surface area contributed by atoms with Gasteiger partial charge in [0.2, 0.25) is 0 Å². The van der Waals surface area contributed by atoms with Crippen molar-refractivity contribution < 1.29 is 9.53 Å². The molecule has 5 heteroatoms. The van der Waals surface area contributed by atoms with E-state index in [4.69, 9.17) is 4.74 Å². The molecule has 142 valence electrons. The van der Waals surface area contributed by atoms with Crippen LogP contribution in [-0.4, -0.2) is 24.1 Å². The number of ether oxygens (including phenoxy) is 1. The van der Waals surface area contributed by atoms with Crippen LogP contribution < -0.4 is 10.9 Å². The SMILES string of the molecule is CCCCCCCCCNc1c(C(=O)OCC)c(=O)[nH]c2ccccc12. The van der Waals surface area contributed by atoms with Gasteiger partial charge in [0.15, 0.2) is 0 Å². The average molecular weight is 358 g/mol. The zero-order valence-corrected chi connectivity index (χ0v) is 15.9. The van der Waals surface area contributed by atoms with Crippen LogP contribution in [0.2, 0.25) is 0 Å². The molecule has 1 heterocycles. The van der Waals surface area contributed by atoms with E-state index in [0.29, 0.717) is 11.2 Å². The molecule has 2 N–H and O–H groups in total. The van der Waals surface area contributed by atoms with E-state index < -0.39 is 11.5 Å². The fourth-order valence-electron chi connectivity index (χ4n) is 3.12. The molecule has 0 bridgehead atoms. The highest BCUT2D eigenvalue weighted by Crippen LogP contribution is 2.24. The number of carbonyl (C=O) groups is 1. The first kappa shape index (κ1) is 20.0. The third-order valence-electron chi connectivity index (χ3n) is 4.48. The first-order chi connectivity index (χ1) is 12.7. The van der Waals surface area contributed by atoms with Crippen LogP contribution in [0.5, 0.6) is 0 Å². The number of H-pyrrole nitrogens is 1. The molecule has 0 amide bonds. The molecule has 0 aliphatic heterocycles. The van der Waals surface area contributed by atoms with Crippen LogP contribution in [0.1, 0.15) is 69.2 Å². The minimum atomic E-state index is -0.582. The van der Waals surface area contributed by atoms with Crippen LogP contribution in [0, 0.1) is 0 Å². The second-order valence-electron chi connectivity index (χ2n) is 6.52. The van der Waals surface area contributed by atoms with E-state index in [1.807, 2.05) is 24.3 Å². The second-order valence-corrected chi connectivity index (χ2v) is 6.52. The summed E-state index contributed by atoms with van der Waals surface area (Å²) in [5.74, 6) is -0.582. The lowest BCUT2D eigenvalue weighted by Gasteiger charge is -2.14. The number of nitrogens with one attached hydrogen (secondary N) is 2. The van der Waals surface area contributed by atoms with Gasteiger partial charge in [-0.05, 0) is 19.4 Å². The van der Waals surface area contributed by atoms with Crippen LogP contribution in [0.3, 0.4) is 0 Å². The first-order valence-electron chi connectivity index (χ1n) is 9.75. The summed E-state index contributed by atoms with van der Waals surface area (Å²) in [6, 6.07) is 7.50. The summed E-state index contributed by atoms with van der Waals surface area (Å²) in [6.07, 6.45) is 8.52. The van der Waals surface area contributed by atoms with E-state index in [2.05, 4.69) is 17.2 Å². The topological polar surface area (TPSA) is 71.2 Å². The summed E-state index contributed by atoms with van der Waals surface area (Å²) in [4.78, 5) is 27.5. The monoisotopic (exact) mass is 358 g/mol. The van der Waals surface area contributed by atoms with Gasteiger partial charge in [-0.1, -0.05) is 63.6 Å². The van der Waals surface area contributed by atoms with Gasteiger partial charge >= 0.3 is 5.97 Å². The molecular formula is C21H30N2O3. The molecule has 0 saturated carbocycles. The van der Waals surface area contributed by atoms with Gasteiger partial charge in [-0.2, -0.15) is 0 Å². The molecule has 0 radical (unpaired) electrons. The molecule has 5 nitrogen and oxygen atoms in total. The predicted octanol–water partition coefficient (Wildman–Crippen LogP) is 4.87. The van der Waals surface area contributed by atoms with Crippen LogP contribution in [-0.2, 0) is 4.74 Å². The van der Waals surface area contributed by atoms with Crippen molar-refractivity contribution in [1.29, 1.82) is 0 Å². The van der Waals surface area contributed by atoms with E-state index in [1.54, 1.807) is 6.92 Å². The number of esters is 1. The van der Waals surface area contributed by atoms with Gasteiger partial charge in [-0.15, -0.1) is 0 Å². The Morgan fingerprint density at radius 2 is 1.73 bits per heavy atom. The van der Waals surface area contributed by atoms with Crippen LogP contribution in [0.25, 0.3) is 10.9 Å². The third-order valence-corrected chi connectivity index (χ3v) is 4.48. The van der Waals surface area contributed by atoms with Crippen molar-refractivity contribution >= 4 is 22.6 Å². The Hall–Kier alpha value is -2.30. The fraction of sp³-hybridized carbons (Fsp3) is 0.524. The molecule has 2 aromatic rings. The largest absolute Gasteiger partial charge is 0.462 e. The highest BCUT2D eigenvalue weighted by molar-refractivity contribution is 6.04. The quantitative estimate of drug-likeness (QED) is 0.444. The molecule has 1 aromatic carbocycles. The lowest BCUT2D eigenvalue weighted by molar-refractivity contribution is 0.0525. The molecule has 0 aliphatic carbocycles. The van der Waals surface area contributed by atoms with E-state index in [1.165, 1.54) is 32.1 Å². The Balaban J connectivity index is 2.09. The third kappa shape index (κ3) is 5.35. The standard InChI is InChI=1S/C21H30N2O3/c1-3-5-6-7-8-9-12-15-22-19-16-13-10-11-14-17(16)23-20(24)18(19)21(25)26-4-2/h10-11,13-14H,3-9,12,15H2,1-2H3,(H2,22,23,24). The maximum Gasteiger partial charge on any atom is 0.345 e. The molecular weight excluding hydrogens is 328 g/mol. The van der Waals surface area contributed by atoms with Crippen LogP contribution in [0.4, 0.5) is 5.69 Å². The lowest BCUT2D eigenvalue weighted by atomic mass is 10.1. The Kier molecular flexibility index (Phi) is 8.19. The number of hydrogen-bond donors (Lipinski definition) is 2. The van der Waals surface area contributed by atoms with Crippen LogP contribution in [0.15, 0.2) is 29.1 Å². The van der Waals surface area contributed by atoms with Gasteiger partial charge in [-0.3, -0.25) is 4.79 Å². The fourth-order valence-corrected chi connectivity index (χ4v) is 3.12. The molecule has 26 heavy (non-hydrogen) atoms. The van der Waals surface area contributed by atoms with E-state index in [9.17, 15) is 9.59 Å². The summed E-state index contributed by atoms with van der Waals surface area (Å²) >= 11 is 0. The molecule has 0 unspecified atom stereocenters. The van der Waals surface area contributed by atoms with Gasteiger partial charge in [0.25, 0.3) is 5.56 Å². The number of carbonyl (C=O) groups excluding carboxylic acids is 1. The van der Waals surface area contributed by atoms with Gasteiger partial charge in [0.1, 0.15) is 5.56 Å². The minimum absolute atomic E-state index is 0.0634. The molecule has 1 aromatic heterocycles. The lowest BCUT2D eigenvalue weighted by Crippen LogP contribution is -2.23. The van der Waals surface area contributed by atoms with E-state index in [-0.39, 0.29) is 12.2 Å². The van der Waals surface area contributed by atoms with Crippen molar-refractivity contribution in [3.8, 4) is 0 Å². The second kappa shape index (κ2) is 10.6. The summed E-state index contributed by atoms with van der Waals surface area (Å²) in [5, 5.41) is 4.15. The minimum Gasteiger partial charge on any atom is -0.462 e. The zero-order valence-electron chi connectivity index (χ0n) is 15.9. The number of aromatic nitrogens is 1. The van der Waals surface area contributed by atoms with E-state index >= 15 is 0 Å². The Labute approximate surface area is 155 Å². The van der Waals surface area contributed by atoms with Crippen molar-refractivity contribution in [1.82, 2.24) is 4.98 Å². The molecule has 0 saturated heterocycles. The summed E-state index contributed by atoms with van der Waals surface area (Å²) in [6.45, 7) is 4.92. The number of unbranched alkanes of at least 4 members (excludes halogenated alkanes) is 6.